The van der Waals surface area contributed by atoms with Gasteiger partial charge in [0.15, 0.2) is 0 Å². The van der Waals surface area contributed by atoms with E-state index in [1.54, 1.807) is 24.1 Å². The third kappa shape index (κ3) is 4.39. The third-order valence-electron chi connectivity index (χ3n) is 3.81. The van der Waals surface area contributed by atoms with E-state index in [1.807, 2.05) is 31.2 Å². The summed E-state index contributed by atoms with van der Waals surface area (Å²) >= 11 is 3.36. The van der Waals surface area contributed by atoms with E-state index in [0.717, 1.165) is 15.6 Å². The van der Waals surface area contributed by atoms with E-state index in [-0.39, 0.29) is 17.6 Å². The highest BCUT2D eigenvalue weighted by Gasteiger charge is 2.19. The zero-order valence-electron chi connectivity index (χ0n) is 12.9. The Balaban J connectivity index is 2.10. The van der Waals surface area contributed by atoms with Crippen molar-refractivity contribution < 1.29 is 9.72 Å². The number of nitrogens with zero attached hydrogens (tertiary/aromatic N) is 2. The topological polar surface area (TPSA) is 63.5 Å². The van der Waals surface area contributed by atoms with Gasteiger partial charge in [-0.1, -0.05) is 40.2 Å². The predicted octanol–water partition coefficient (Wildman–Crippen LogP) is 4.12. The number of hydrogen-bond donors (Lipinski definition) is 0. The zero-order valence-corrected chi connectivity index (χ0v) is 14.5. The number of benzene rings is 2. The average molecular weight is 377 g/mol. The van der Waals surface area contributed by atoms with Crippen molar-refractivity contribution in [2.45, 2.75) is 19.4 Å². The maximum Gasteiger partial charge on any atom is 0.269 e. The number of nitro groups is 1. The molecule has 120 valence electrons. The summed E-state index contributed by atoms with van der Waals surface area (Å²) < 4.78 is 0.965. The van der Waals surface area contributed by atoms with Crippen molar-refractivity contribution in [3.8, 4) is 0 Å². The number of likely N-dealkylation sites (N-methyl/N-ethyl adjacent to an activating group) is 1. The normalized spacial score (nSPS) is 11.8. The van der Waals surface area contributed by atoms with Gasteiger partial charge in [0.1, 0.15) is 0 Å². The van der Waals surface area contributed by atoms with Crippen LogP contribution in [0.1, 0.15) is 24.1 Å². The summed E-state index contributed by atoms with van der Waals surface area (Å²) in [4.78, 5) is 24.5. The molecule has 5 nitrogen and oxygen atoms in total. The van der Waals surface area contributed by atoms with Crippen LogP contribution in [0.15, 0.2) is 53.0 Å². The maximum atomic E-state index is 12.4. The van der Waals surface area contributed by atoms with Crippen molar-refractivity contribution in [2.24, 2.45) is 0 Å². The molecule has 0 aromatic heterocycles. The number of carbonyl (C=O) groups excluding carboxylic acids is 1. The lowest BCUT2D eigenvalue weighted by atomic mass is 10.1. The van der Waals surface area contributed by atoms with Crippen LogP contribution in [0.5, 0.6) is 0 Å². The summed E-state index contributed by atoms with van der Waals surface area (Å²) in [6, 6.07) is 13.7. The van der Waals surface area contributed by atoms with Crippen LogP contribution in [0.4, 0.5) is 5.69 Å². The van der Waals surface area contributed by atoms with Crippen LogP contribution in [0.25, 0.3) is 0 Å². The number of amides is 1. The molecule has 1 atom stereocenters. The van der Waals surface area contributed by atoms with Gasteiger partial charge in [-0.3, -0.25) is 14.9 Å². The zero-order chi connectivity index (χ0) is 17.0. The summed E-state index contributed by atoms with van der Waals surface area (Å²) in [6.07, 6.45) is 0.295. The van der Waals surface area contributed by atoms with Crippen LogP contribution in [-0.2, 0) is 11.2 Å². The molecule has 0 saturated heterocycles. The first-order valence-corrected chi connectivity index (χ1v) is 7.92. The molecule has 0 spiro atoms. The lowest BCUT2D eigenvalue weighted by Gasteiger charge is -2.25. The smallest absolute Gasteiger partial charge is 0.269 e. The van der Waals surface area contributed by atoms with Gasteiger partial charge in [-0.05, 0) is 30.2 Å². The Kier molecular flexibility index (Phi) is 5.50. The molecule has 1 amide bonds. The highest BCUT2D eigenvalue weighted by molar-refractivity contribution is 9.10. The molecule has 6 heteroatoms. The highest BCUT2D eigenvalue weighted by atomic mass is 79.9. The van der Waals surface area contributed by atoms with Crippen LogP contribution in [0.3, 0.4) is 0 Å². The highest BCUT2D eigenvalue weighted by Crippen LogP contribution is 2.23. The summed E-state index contributed by atoms with van der Waals surface area (Å²) in [5, 5.41) is 10.9. The van der Waals surface area contributed by atoms with Gasteiger partial charge in [0.2, 0.25) is 5.91 Å². The van der Waals surface area contributed by atoms with Crippen LogP contribution >= 0.6 is 15.9 Å². The molecule has 0 fully saturated rings. The molecule has 0 saturated carbocycles. The van der Waals surface area contributed by atoms with E-state index in [0.29, 0.717) is 6.42 Å². The van der Waals surface area contributed by atoms with E-state index in [2.05, 4.69) is 15.9 Å². The number of rotatable bonds is 5. The molecule has 2 aromatic rings. The quantitative estimate of drug-likeness (QED) is 0.582. The third-order valence-corrected chi connectivity index (χ3v) is 4.34. The Labute approximate surface area is 143 Å². The summed E-state index contributed by atoms with van der Waals surface area (Å²) in [5.74, 6) is -0.0358. The molecule has 0 heterocycles. The second kappa shape index (κ2) is 7.37. The average Bonchev–Trinajstić information content (AvgIpc) is 2.55. The first-order chi connectivity index (χ1) is 10.9. The number of halogens is 1. The Bertz CT molecular complexity index is 716. The fraction of sp³-hybridized carbons (Fsp3) is 0.235. The molecule has 0 radical (unpaired) electrons. The summed E-state index contributed by atoms with van der Waals surface area (Å²) in [6.45, 7) is 1.86. The molecule has 0 bridgehead atoms. The first kappa shape index (κ1) is 17.1. The molecule has 0 aliphatic carbocycles. The van der Waals surface area contributed by atoms with E-state index < -0.39 is 4.92 Å². The van der Waals surface area contributed by atoms with Gasteiger partial charge in [0.25, 0.3) is 5.69 Å². The Hall–Kier alpha value is -2.21. The molecule has 0 unspecified atom stereocenters. The molecule has 0 N–H and O–H groups in total. The van der Waals surface area contributed by atoms with Crippen LogP contribution in [-0.4, -0.2) is 22.8 Å². The van der Waals surface area contributed by atoms with Gasteiger partial charge in [-0.2, -0.15) is 0 Å². The molecular weight excluding hydrogens is 360 g/mol. The Morgan fingerprint density at radius 3 is 2.52 bits per heavy atom. The van der Waals surface area contributed by atoms with E-state index >= 15 is 0 Å². The van der Waals surface area contributed by atoms with Crippen molar-refractivity contribution in [2.75, 3.05) is 7.05 Å². The monoisotopic (exact) mass is 376 g/mol. The minimum atomic E-state index is -0.431. The second-order valence-electron chi connectivity index (χ2n) is 5.34. The number of non-ortho nitro benzene ring substituents is 1. The maximum absolute atomic E-state index is 12.4. The molecule has 0 aliphatic heterocycles. The lowest BCUT2D eigenvalue weighted by Crippen LogP contribution is -2.31. The number of carbonyl (C=O) groups is 1. The van der Waals surface area contributed by atoms with Gasteiger partial charge in [-0.25, -0.2) is 0 Å². The van der Waals surface area contributed by atoms with Crippen LogP contribution < -0.4 is 0 Å². The Morgan fingerprint density at radius 2 is 1.91 bits per heavy atom. The molecule has 2 rings (SSSR count). The minimum Gasteiger partial charge on any atom is -0.339 e. The van der Waals surface area contributed by atoms with E-state index in [1.165, 1.54) is 12.1 Å². The number of nitro benzene ring substituents is 1. The molecule has 2 aromatic carbocycles. The van der Waals surface area contributed by atoms with Crippen LogP contribution in [0.2, 0.25) is 0 Å². The van der Waals surface area contributed by atoms with Crippen molar-refractivity contribution >= 4 is 27.5 Å². The standard InChI is InChI=1S/C17H17BrN2O3/c1-12(14-4-3-5-16(11-14)20(22)23)19(2)17(21)10-13-6-8-15(18)9-7-13/h3-9,11-12H,10H2,1-2H3/t12-/m1/s1. The molecule has 23 heavy (non-hydrogen) atoms. The lowest BCUT2D eigenvalue weighted by molar-refractivity contribution is -0.384. The van der Waals surface area contributed by atoms with E-state index in [4.69, 9.17) is 0 Å². The van der Waals surface area contributed by atoms with Crippen LogP contribution in [0, 0.1) is 10.1 Å². The van der Waals surface area contributed by atoms with Crippen molar-refractivity contribution in [1.82, 2.24) is 4.90 Å². The predicted molar refractivity (Wildman–Crippen MR) is 92.1 cm³/mol. The van der Waals surface area contributed by atoms with Gasteiger partial charge in [0, 0.05) is 23.7 Å². The van der Waals surface area contributed by atoms with Gasteiger partial charge in [0.05, 0.1) is 17.4 Å². The van der Waals surface area contributed by atoms with Gasteiger partial charge >= 0.3 is 0 Å². The molecule has 0 aliphatic rings. The largest absolute Gasteiger partial charge is 0.339 e. The van der Waals surface area contributed by atoms with Crippen molar-refractivity contribution in [1.29, 1.82) is 0 Å². The summed E-state index contributed by atoms with van der Waals surface area (Å²) in [5.41, 5.74) is 1.70. The minimum absolute atomic E-state index is 0.0307. The fourth-order valence-electron chi connectivity index (χ4n) is 2.24. The number of hydrogen-bond acceptors (Lipinski definition) is 3. The van der Waals surface area contributed by atoms with E-state index in [9.17, 15) is 14.9 Å². The fourth-order valence-corrected chi connectivity index (χ4v) is 2.50. The Morgan fingerprint density at radius 1 is 1.26 bits per heavy atom. The SMILES string of the molecule is C[C@H](c1cccc([N+](=O)[O-])c1)N(C)C(=O)Cc1ccc(Br)cc1. The second-order valence-corrected chi connectivity index (χ2v) is 6.25. The first-order valence-electron chi connectivity index (χ1n) is 7.13. The van der Waals surface area contributed by atoms with Crippen molar-refractivity contribution in [3.05, 3.63) is 74.2 Å². The van der Waals surface area contributed by atoms with Crippen molar-refractivity contribution in [3.63, 3.8) is 0 Å². The molecular formula is C17H17BrN2O3. The van der Waals surface area contributed by atoms with Gasteiger partial charge < -0.3 is 4.90 Å². The summed E-state index contributed by atoms with van der Waals surface area (Å²) in [7, 11) is 1.71. The van der Waals surface area contributed by atoms with Gasteiger partial charge in [-0.15, -0.1) is 0 Å².